The third-order valence-corrected chi connectivity index (χ3v) is 4.22. The molecule has 2 aromatic heterocycles. The van der Waals surface area contributed by atoms with Crippen molar-refractivity contribution in [3.05, 3.63) is 35.2 Å². The van der Waals surface area contributed by atoms with E-state index in [1.54, 1.807) is 35.9 Å². The smallest absolute Gasteiger partial charge is 0.290 e. The predicted octanol–water partition coefficient (Wildman–Crippen LogP) is 0.0823. The molecule has 1 aliphatic heterocycles. The first kappa shape index (κ1) is 17.2. The molecule has 2 N–H and O–H groups in total. The van der Waals surface area contributed by atoms with Crippen LogP contribution >= 0.6 is 0 Å². The lowest BCUT2D eigenvalue weighted by atomic mass is 10.1. The van der Waals surface area contributed by atoms with Crippen molar-refractivity contribution in [2.24, 2.45) is 0 Å². The van der Waals surface area contributed by atoms with Gasteiger partial charge >= 0.3 is 0 Å². The van der Waals surface area contributed by atoms with Crippen molar-refractivity contribution in [1.82, 2.24) is 29.5 Å². The number of H-pyrrole nitrogens is 1. The Kier molecular flexibility index (Phi) is 4.58. The van der Waals surface area contributed by atoms with Crippen LogP contribution < -0.4 is 0 Å². The number of aromatic amines is 1. The Balaban J connectivity index is 1.71. The Morgan fingerprint density at radius 3 is 2.80 bits per heavy atom. The van der Waals surface area contributed by atoms with Crippen molar-refractivity contribution in [3.63, 3.8) is 0 Å². The van der Waals surface area contributed by atoms with Gasteiger partial charge in [0.2, 0.25) is 5.91 Å². The van der Waals surface area contributed by atoms with Crippen molar-refractivity contribution < 1.29 is 14.7 Å². The Morgan fingerprint density at radius 2 is 2.16 bits per heavy atom. The molecular formula is C16H22N6O3. The molecule has 0 saturated heterocycles. The zero-order valence-electron chi connectivity index (χ0n) is 14.6. The van der Waals surface area contributed by atoms with Gasteiger partial charge in [0, 0.05) is 32.5 Å². The quantitative estimate of drug-likeness (QED) is 0.815. The number of hydrogen-bond donors (Lipinski definition) is 2. The summed E-state index contributed by atoms with van der Waals surface area (Å²) in [6.45, 7) is 3.28. The highest BCUT2D eigenvalue weighted by Crippen LogP contribution is 2.21. The van der Waals surface area contributed by atoms with Crippen molar-refractivity contribution in [1.29, 1.82) is 0 Å². The van der Waals surface area contributed by atoms with Gasteiger partial charge in [0.1, 0.15) is 6.10 Å². The maximum atomic E-state index is 12.5. The number of carbonyl (C=O) groups excluding carboxylic acids is 2. The Labute approximate surface area is 145 Å². The van der Waals surface area contributed by atoms with Crippen LogP contribution in [0.4, 0.5) is 0 Å². The number of aliphatic hydroxyl groups is 1. The SMILES string of the molecule is Cc1cnc(C(=O)N2CCn3nc([C@H](O)CC(=O)N(C)C)cc3C2)[nH]1. The van der Waals surface area contributed by atoms with Crippen molar-refractivity contribution >= 4 is 11.8 Å². The molecule has 25 heavy (non-hydrogen) atoms. The van der Waals surface area contributed by atoms with Crippen molar-refractivity contribution in [2.75, 3.05) is 20.6 Å². The summed E-state index contributed by atoms with van der Waals surface area (Å²) in [5.41, 5.74) is 2.11. The molecule has 9 nitrogen and oxygen atoms in total. The van der Waals surface area contributed by atoms with Crippen molar-refractivity contribution in [2.45, 2.75) is 32.5 Å². The molecule has 0 spiro atoms. The summed E-state index contributed by atoms with van der Waals surface area (Å²) in [6, 6.07) is 1.75. The number of nitrogens with zero attached hydrogens (tertiary/aromatic N) is 5. The first-order valence-corrected chi connectivity index (χ1v) is 8.11. The number of nitrogens with one attached hydrogen (secondary N) is 1. The van der Waals surface area contributed by atoms with Gasteiger partial charge < -0.3 is 19.9 Å². The number of rotatable bonds is 4. The number of aryl methyl sites for hydroxylation is 1. The highest BCUT2D eigenvalue weighted by molar-refractivity contribution is 5.90. The summed E-state index contributed by atoms with van der Waals surface area (Å²) in [5, 5.41) is 14.6. The molecule has 0 radical (unpaired) electrons. The number of aliphatic hydroxyl groups excluding tert-OH is 1. The fourth-order valence-corrected chi connectivity index (χ4v) is 2.75. The van der Waals surface area contributed by atoms with E-state index in [4.69, 9.17) is 0 Å². The van der Waals surface area contributed by atoms with Gasteiger partial charge in [0.25, 0.3) is 5.91 Å². The minimum absolute atomic E-state index is 0.0161. The monoisotopic (exact) mass is 346 g/mol. The second-order valence-electron chi connectivity index (χ2n) is 6.43. The van der Waals surface area contributed by atoms with E-state index in [0.717, 1.165) is 11.4 Å². The van der Waals surface area contributed by atoms with Crippen LogP contribution in [0.25, 0.3) is 0 Å². The molecule has 0 aliphatic carbocycles. The van der Waals surface area contributed by atoms with E-state index >= 15 is 0 Å². The second kappa shape index (κ2) is 6.67. The lowest BCUT2D eigenvalue weighted by molar-refractivity contribution is -0.130. The molecule has 0 saturated carbocycles. The van der Waals surface area contributed by atoms with E-state index in [1.807, 2.05) is 6.92 Å². The fraction of sp³-hybridized carbons (Fsp3) is 0.500. The third kappa shape index (κ3) is 3.55. The zero-order chi connectivity index (χ0) is 18.1. The van der Waals surface area contributed by atoms with E-state index in [2.05, 4.69) is 15.1 Å². The van der Waals surface area contributed by atoms with Crippen LogP contribution in [0.2, 0.25) is 0 Å². The van der Waals surface area contributed by atoms with E-state index in [9.17, 15) is 14.7 Å². The Morgan fingerprint density at radius 1 is 1.40 bits per heavy atom. The maximum Gasteiger partial charge on any atom is 0.290 e. The van der Waals surface area contributed by atoms with E-state index in [-0.39, 0.29) is 18.2 Å². The van der Waals surface area contributed by atoms with Gasteiger partial charge in [-0.3, -0.25) is 14.3 Å². The number of hydrogen-bond acceptors (Lipinski definition) is 5. The highest BCUT2D eigenvalue weighted by atomic mass is 16.3. The van der Waals surface area contributed by atoms with Crippen LogP contribution in [0.1, 0.15) is 40.2 Å². The summed E-state index contributed by atoms with van der Waals surface area (Å²) in [6.07, 6.45) is 0.653. The largest absolute Gasteiger partial charge is 0.386 e. The third-order valence-electron chi connectivity index (χ3n) is 4.22. The summed E-state index contributed by atoms with van der Waals surface area (Å²) in [4.78, 5) is 34.4. The fourth-order valence-electron chi connectivity index (χ4n) is 2.75. The van der Waals surface area contributed by atoms with Crippen LogP contribution in [0, 0.1) is 6.92 Å². The normalized spacial score (nSPS) is 15.0. The van der Waals surface area contributed by atoms with E-state index < -0.39 is 6.10 Å². The second-order valence-corrected chi connectivity index (χ2v) is 6.43. The lowest BCUT2D eigenvalue weighted by Gasteiger charge is -2.26. The Bertz CT molecular complexity index is 794. The van der Waals surface area contributed by atoms with Gasteiger partial charge in [-0.15, -0.1) is 0 Å². The van der Waals surface area contributed by atoms with Crippen LogP contribution in [0.3, 0.4) is 0 Å². The molecule has 0 fully saturated rings. The summed E-state index contributed by atoms with van der Waals surface area (Å²) in [7, 11) is 3.29. The molecule has 134 valence electrons. The highest BCUT2D eigenvalue weighted by Gasteiger charge is 2.26. The topological polar surface area (TPSA) is 107 Å². The van der Waals surface area contributed by atoms with Gasteiger partial charge in [0.05, 0.1) is 30.9 Å². The Hall–Kier alpha value is -2.68. The number of amides is 2. The van der Waals surface area contributed by atoms with Crippen LogP contribution in [-0.2, 0) is 17.9 Å². The molecular weight excluding hydrogens is 324 g/mol. The number of carbonyl (C=O) groups is 2. The minimum Gasteiger partial charge on any atom is -0.386 e. The molecule has 1 aliphatic rings. The molecule has 0 bridgehead atoms. The average molecular weight is 346 g/mol. The predicted molar refractivity (Wildman–Crippen MR) is 88.6 cm³/mol. The van der Waals surface area contributed by atoms with Gasteiger partial charge in [-0.2, -0.15) is 5.10 Å². The standard InChI is InChI=1S/C16H22N6O3/c1-10-8-17-15(18-10)16(25)21-4-5-22-11(9-21)6-12(19-22)13(23)7-14(24)20(2)3/h6,8,13,23H,4-5,7,9H2,1-3H3,(H,17,18)/t13-/m1/s1. The molecule has 0 aromatic carbocycles. The first-order valence-electron chi connectivity index (χ1n) is 8.11. The number of fused-ring (bicyclic) bond motifs is 1. The number of aromatic nitrogens is 4. The van der Waals surface area contributed by atoms with Gasteiger partial charge in [-0.1, -0.05) is 0 Å². The molecule has 1 atom stereocenters. The minimum atomic E-state index is -0.954. The van der Waals surface area contributed by atoms with Crippen LogP contribution in [0.5, 0.6) is 0 Å². The number of imidazole rings is 1. The molecule has 9 heteroatoms. The van der Waals surface area contributed by atoms with E-state index in [0.29, 0.717) is 31.2 Å². The van der Waals surface area contributed by atoms with Gasteiger partial charge in [0.15, 0.2) is 5.82 Å². The van der Waals surface area contributed by atoms with Crippen LogP contribution in [0.15, 0.2) is 12.3 Å². The maximum absolute atomic E-state index is 12.5. The van der Waals surface area contributed by atoms with Gasteiger partial charge in [-0.25, -0.2) is 4.98 Å². The zero-order valence-corrected chi connectivity index (χ0v) is 14.6. The average Bonchev–Trinajstić information content (AvgIpc) is 3.19. The summed E-state index contributed by atoms with van der Waals surface area (Å²) in [5.74, 6) is -0.00352. The molecule has 2 aromatic rings. The summed E-state index contributed by atoms with van der Waals surface area (Å²) < 4.78 is 1.77. The molecule has 3 heterocycles. The lowest BCUT2D eigenvalue weighted by Crippen LogP contribution is -2.38. The molecule has 2 amide bonds. The molecule has 0 unspecified atom stereocenters. The molecule has 3 rings (SSSR count). The van der Waals surface area contributed by atoms with Gasteiger partial charge in [-0.05, 0) is 13.0 Å². The first-order chi connectivity index (χ1) is 11.8. The van der Waals surface area contributed by atoms with Crippen molar-refractivity contribution in [3.8, 4) is 0 Å². The van der Waals surface area contributed by atoms with E-state index in [1.165, 1.54) is 4.90 Å². The summed E-state index contributed by atoms with van der Waals surface area (Å²) >= 11 is 0. The van der Waals surface area contributed by atoms with Crippen LogP contribution in [-0.4, -0.2) is 67.1 Å².